The molecule has 0 saturated heterocycles. The number of hydrogen-bond donors (Lipinski definition) is 1. The molecular weight excluding hydrogens is 310 g/mol. The monoisotopic (exact) mass is 323 g/mol. The fourth-order valence-corrected chi connectivity index (χ4v) is 2.77. The molecule has 0 aliphatic rings. The summed E-state index contributed by atoms with van der Waals surface area (Å²) in [7, 11) is 0. The molecular formula is C15H15BrClN. The molecule has 0 heterocycles. The quantitative estimate of drug-likeness (QED) is 0.851. The predicted octanol–water partition coefficient (Wildman–Crippen LogP) is 4.80. The van der Waals surface area contributed by atoms with Crippen LogP contribution in [0.25, 0.3) is 0 Å². The van der Waals surface area contributed by atoms with Gasteiger partial charge < -0.3 is 5.32 Å². The van der Waals surface area contributed by atoms with Crippen LogP contribution in [-0.2, 0) is 0 Å². The Labute approximate surface area is 121 Å². The molecule has 0 radical (unpaired) electrons. The lowest BCUT2D eigenvalue weighted by atomic mass is 9.98. The summed E-state index contributed by atoms with van der Waals surface area (Å²) in [5.74, 6) is 0. The van der Waals surface area contributed by atoms with Crippen LogP contribution >= 0.6 is 27.5 Å². The van der Waals surface area contributed by atoms with Gasteiger partial charge >= 0.3 is 0 Å². The fraction of sp³-hybridized carbons (Fsp3) is 0.200. The van der Waals surface area contributed by atoms with Crippen LogP contribution in [0.2, 0.25) is 5.02 Å². The molecule has 0 spiro atoms. The number of halogens is 2. The maximum atomic E-state index is 6.30. The maximum absolute atomic E-state index is 6.30. The van der Waals surface area contributed by atoms with E-state index in [0.29, 0.717) is 0 Å². The van der Waals surface area contributed by atoms with Crippen molar-refractivity contribution < 1.29 is 0 Å². The third kappa shape index (κ3) is 2.94. The van der Waals surface area contributed by atoms with E-state index < -0.39 is 0 Å². The second-order valence-electron chi connectivity index (χ2n) is 4.03. The Morgan fingerprint density at radius 1 is 1.06 bits per heavy atom. The topological polar surface area (TPSA) is 12.0 Å². The maximum Gasteiger partial charge on any atom is 0.0602 e. The second kappa shape index (κ2) is 6.37. The first kappa shape index (κ1) is 13.6. The third-order valence-electron chi connectivity index (χ3n) is 2.84. The fourth-order valence-electron chi connectivity index (χ4n) is 2.01. The first-order valence-electron chi connectivity index (χ1n) is 5.96. The van der Waals surface area contributed by atoms with Gasteiger partial charge in [-0.25, -0.2) is 0 Å². The van der Waals surface area contributed by atoms with Crippen LogP contribution in [0.4, 0.5) is 0 Å². The summed E-state index contributed by atoms with van der Waals surface area (Å²) in [6.45, 7) is 2.98. The van der Waals surface area contributed by atoms with Crippen molar-refractivity contribution in [3.63, 3.8) is 0 Å². The molecule has 0 bridgehead atoms. The highest BCUT2D eigenvalue weighted by molar-refractivity contribution is 9.10. The zero-order chi connectivity index (χ0) is 13.0. The van der Waals surface area contributed by atoms with E-state index in [0.717, 1.165) is 21.6 Å². The van der Waals surface area contributed by atoms with Gasteiger partial charge in [0.25, 0.3) is 0 Å². The van der Waals surface area contributed by atoms with Crippen molar-refractivity contribution in [2.75, 3.05) is 6.54 Å². The van der Waals surface area contributed by atoms with Crippen LogP contribution in [-0.4, -0.2) is 6.54 Å². The Kier molecular flexibility index (Phi) is 4.81. The normalized spacial score (nSPS) is 12.4. The standard InChI is InChI=1S/C15H15BrClN/c1-2-18-15(11-7-3-5-9-13(11)16)12-8-4-6-10-14(12)17/h3-10,15,18H,2H2,1H3. The molecule has 0 aromatic heterocycles. The smallest absolute Gasteiger partial charge is 0.0602 e. The minimum absolute atomic E-state index is 0.110. The summed E-state index contributed by atoms with van der Waals surface area (Å²) < 4.78 is 1.09. The number of hydrogen-bond acceptors (Lipinski definition) is 1. The van der Waals surface area contributed by atoms with Gasteiger partial charge in [-0.2, -0.15) is 0 Å². The van der Waals surface area contributed by atoms with Crippen molar-refractivity contribution in [3.8, 4) is 0 Å². The molecule has 1 unspecified atom stereocenters. The van der Waals surface area contributed by atoms with E-state index in [1.165, 1.54) is 5.56 Å². The van der Waals surface area contributed by atoms with Crippen molar-refractivity contribution in [2.24, 2.45) is 0 Å². The van der Waals surface area contributed by atoms with Crippen LogP contribution in [0, 0.1) is 0 Å². The molecule has 1 nitrogen and oxygen atoms in total. The van der Waals surface area contributed by atoms with Crippen LogP contribution in [0.3, 0.4) is 0 Å². The highest BCUT2D eigenvalue weighted by Gasteiger charge is 2.17. The lowest BCUT2D eigenvalue weighted by molar-refractivity contribution is 0.629. The van der Waals surface area contributed by atoms with Gasteiger partial charge in [0.1, 0.15) is 0 Å². The average molecular weight is 325 g/mol. The molecule has 0 aliphatic carbocycles. The van der Waals surface area contributed by atoms with E-state index in [-0.39, 0.29) is 6.04 Å². The molecule has 3 heteroatoms. The van der Waals surface area contributed by atoms with Crippen LogP contribution < -0.4 is 5.32 Å². The molecule has 2 rings (SSSR count). The third-order valence-corrected chi connectivity index (χ3v) is 3.91. The predicted molar refractivity (Wildman–Crippen MR) is 81.1 cm³/mol. The molecule has 1 N–H and O–H groups in total. The van der Waals surface area contributed by atoms with E-state index in [1.54, 1.807) is 0 Å². The van der Waals surface area contributed by atoms with Crippen LogP contribution in [0.5, 0.6) is 0 Å². The SMILES string of the molecule is CCNC(c1ccccc1Cl)c1ccccc1Br. The lowest BCUT2D eigenvalue weighted by Gasteiger charge is -2.21. The zero-order valence-electron chi connectivity index (χ0n) is 10.2. The minimum Gasteiger partial charge on any atom is -0.306 e. The van der Waals surface area contributed by atoms with Gasteiger partial charge in [-0.1, -0.05) is 70.9 Å². The molecule has 0 fully saturated rings. The summed E-state index contributed by atoms with van der Waals surface area (Å²) in [6.07, 6.45) is 0. The van der Waals surface area contributed by atoms with Crippen molar-refractivity contribution >= 4 is 27.5 Å². The highest BCUT2D eigenvalue weighted by Crippen LogP contribution is 2.32. The summed E-state index contributed by atoms with van der Waals surface area (Å²) in [4.78, 5) is 0. The first-order valence-corrected chi connectivity index (χ1v) is 7.13. The van der Waals surface area contributed by atoms with Crippen molar-refractivity contribution in [2.45, 2.75) is 13.0 Å². The second-order valence-corrected chi connectivity index (χ2v) is 5.30. The number of benzene rings is 2. The van der Waals surface area contributed by atoms with Gasteiger partial charge in [0.2, 0.25) is 0 Å². The van der Waals surface area contributed by atoms with E-state index in [2.05, 4.69) is 46.4 Å². The Morgan fingerprint density at radius 3 is 2.28 bits per heavy atom. The average Bonchev–Trinajstić information content (AvgIpc) is 2.38. The molecule has 0 saturated carbocycles. The molecule has 2 aromatic carbocycles. The number of rotatable bonds is 4. The Balaban J connectivity index is 2.47. The van der Waals surface area contributed by atoms with Gasteiger partial charge in [0.15, 0.2) is 0 Å². The molecule has 94 valence electrons. The Bertz CT molecular complexity index is 482. The molecule has 1 atom stereocenters. The summed E-state index contributed by atoms with van der Waals surface area (Å²) in [5, 5.41) is 4.27. The Hall–Kier alpha value is -0.830. The molecule has 2 aromatic rings. The summed E-state index contributed by atoms with van der Waals surface area (Å²) in [6, 6.07) is 16.3. The summed E-state index contributed by atoms with van der Waals surface area (Å²) >= 11 is 9.91. The van der Waals surface area contributed by atoms with Gasteiger partial charge in [-0.3, -0.25) is 0 Å². The number of nitrogens with one attached hydrogen (secondary N) is 1. The molecule has 18 heavy (non-hydrogen) atoms. The van der Waals surface area contributed by atoms with Gasteiger partial charge in [0.05, 0.1) is 6.04 Å². The molecule has 0 aliphatic heterocycles. The van der Waals surface area contributed by atoms with E-state index in [9.17, 15) is 0 Å². The molecule has 0 amide bonds. The van der Waals surface area contributed by atoms with E-state index >= 15 is 0 Å². The highest BCUT2D eigenvalue weighted by atomic mass is 79.9. The first-order chi connectivity index (χ1) is 8.74. The van der Waals surface area contributed by atoms with Crippen LogP contribution in [0.15, 0.2) is 53.0 Å². The summed E-state index contributed by atoms with van der Waals surface area (Å²) in [5.41, 5.74) is 2.31. The van der Waals surface area contributed by atoms with E-state index in [4.69, 9.17) is 11.6 Å². The van der Waals surface area contributed by atoms with Crippen molar-refractivity contribution in [1.29, 1.82) is 0 Å². The van der Waals surface area contributed by atoms with Crippen LogP contribution in [0.1, 0.15) is 24.1 Å². The van der Waals surface area contributed by atoms with E-state index in [1.807, 2.05) is 30.3 Å². The largest absolute Gasteiger partial charge is 0.306 e. The Morgan fingerprint density at radius 2 is 1.67 bits per heavy atom. The zero-order valence-corrected chi connectivity index (χ0v) is 12.5. The van der Waals surface area contributed by atoms with Gasteiger partial charge in [-0.05, 0) is 29.8 Å². The van der Waals surface area contributed by atoms with Gasteiger partial charge in [0, 0.05) is 9.50 Å². The van der Waals surface area contributed by atoms with Crippen molar-refractivity contribution in [3.05, 3.63) is 69.2 Å². The lowest BCUT2D eigenvalue weighted by Crippen LogP contribution is -2.22. The minimum atomic E-state index is 0.110. The van der Waals surface area contributed by atoms with Crippen molar-refractivity contribution in [1.82, 2.24) is 5.32 Å². The van der Waals surface area contributed by atoms with Gasteiger partial charge in [-0.15, -0.1) is 0 Å².